The minimum atomic E-state index is 0. The van der Waals surface area contributed by atoms with Crippen LogP contribution >= 0.6 is 35.3 Å². The van der Waals surface area contributed by atoms with Gasteiger partial charge in [0.2, 0.25) is 0 Å². The molecule has 0 saturated heterocycles. The number of aromatic nitrogens is 1. The molecule has 124 valence electrons. The van der Waals surface area contributed by atoms with Gasteiger partial charge in [-0.2, -0.15) is 0 Å². The molecule has 4 nitrogen and oxygen atoms in total. The third-order valence-electron chi connectivity index (χ3n) is 4.11. The average molecular weight is 442 g/mol. The van der Waals surface area contributed by atoms with Crippen molar-refractivity contribution in [2.45, 2.75) is 25.8 Å². The summed E-state index contributed by atoms with van der Waals surface area (Å²) < 4.78 is 0. The maximum atomic E-state index is 4.51. The molecule has 1 unspecified atom stereocenters. The number of aliphatic imine (C=N–C) groups is 1. The zero-order chi connectivity index (χ0) is 15.5. The van der Waals surface area contributed by atoms with E-state index in [1.54, 1.807) is 11.3 Å². The van der Waals surface area contributed by atoms with Crippen LogP contribution in [0.5, 0.6) is 0 Å². The molecule has 0 aliphatic heterocycles. The Morgan fingerprint density at radius 2 is 2.22 bits per heavy atom. The quantitative estimate of drug-likeness (QED) is 0.448. The minimum absolute atomic E-state index is 0. The van der Waals surface area contributed by atoms with E-state index < -0.39 is 0 Å². The van der Waals surface area contributed by atoms with Gasteiger partial charge < -0.3 is 10.2 Å². The summed E-state index contributed by atoms with van der Waals surface area (Å²) in [5, 5.41) is 6.71. The standard InChI is InChI=1S/C17H22N4S.HI/c1-12-20-15(11-22-12)10-21(3)17(18-2)19-9-14-8-13-6-4-5-7-16(13)14;/h4-7,11,14H,8-10H2,1-3H3,(H,18,19);1H. The van der Waals surface area contributed by atoms with E-state index in [-0.39, 0.29) is 24.0 Å². The third kappa shape index (κ3) is 4.23. The maximum Gasteiger partial charge on any atom is 0.193 e. The number of hydrogen-bond acceptors (Lipinski definition) is 3. The molecular weight excluding hydrogens is 419 g/mol. The second kappa shape index (κ2) is 8.10. The lowest BCUT2D eigenvalue weighted by molar-refractivity contribution is 0.461. The van der Waals surface area contributed by atoms with Gasteiger partial charge in [0.25, 0.3) is 0 Å². The molecule has 2 aromatic rings. The van der Waals surface area contributed by atoms with Crippen LogP contribution in [0.3, 0.4) is 0 Å². The monoisotopic (exact) mass is 442 g/mol. The van der Waals surface area contributed by atoms with Crippen LogP contribution in [0.25, 0.3) is 0 Å². The molecule has 0 radical (unpaired) electrons. The van der Waals surface area contributed by atoms with Crippen LogP contribution in [-0.2, 0) is 13.0 Å². The number of rotatable bonds is 4. The van der Waals surface area contributed by atoms with Crippen molar-refractivity contribution in [1.29, 1.82) is 0 Å². The van der Waals surface area contributed by atoms with Crippen molar-refractivity contribution < 1.29 is 0 Å². The highest BCUT2D eigenvalue weighted by atomic mass is 127. The summed E-state index contributed by atoms with van der Waals surface area (Å²) in [7, 11) is 3.89. The average Bonchev–Trinajstić information content (AvgIpc) is 2.89. The molecule has 0 bridgehead atoms. The van der Waals surface area contributed by atoms with Crippen LogP contribution in [0.2, 0.25) is 0 Å². The summed E-state index contributed by atoms with van der Waals surface area (Å²) >= 11 is 1.69. The fourth-order valence-corrected chi connectivity index (χ4v) is 3.55. The van der Waals surface area contributed by atoms with Crippen LogP contribution in [0.4, 0.5) is 0 Å². The summed E-state index contributed by atoms with van der Waals surface area (Å²) in [6.45, 7) is 3.75. The van der Waals surface area contributed by atoms with E-state index in [1.165, 1.54) is 11.1 Å². The Bertz CT molecular complexity index is 683. The van der Waals surface area contributed by atoms with Crippen LogP contribution in [-0.4, -0.2) is 36.5 Å². The fourth-order valence-electron chi connectivity index (χ4n) is 2.94. The van der Waals surface area contributed by atoms with Crippen molar-refractivity contribution in [2.75, 3.05) is 20.6 Å². The van der Waals surface area contributed by atoms with E-state index in [2.05, 4.69) is 56.9 Å². The van der Waals surface area contributed by atoms with Gasteiger partial charge in [-0.3, -0.25) is 4.99 Å². The van der Waals surface area contributed by atoms with Crippen LogP contribution in [0, 0.1) is 6.92 Å². The molecule has 1 aliphatic carbocycles. The first-order valence-corrected chi connectivity index (χ1v) is 8.46. The van der Waals surface area contributed by atoms with Crippen LogP contribution in [0.1, 0.15) is 27.7 Å². The number of fused-ring (bicyclic) bond motifs is 1. The van der Waals surface area contributed by atoms with Crippen LogP contribution in [0.15, 0.2) is 34.6 Å². The van der Waals surface area contributed by atoms with Gasteiger partial charge in [0.05, 0.1) is 17.2 Å². The van der Waals surface area contributed by atoms with E-state index in [0.29, 0.717) is 5.92 Å². The largest absolute Gasteiger partial charge is 0.356 e. The molecular formula is C17H23IN4S. The Labute approximate surface area is 159 Å². The van der Waals surface area contributed by atoms with Gasteiger partial charge >= 0.3 is 0 Å². The lowest BCUT2D eigenvalue weighted by Gasteiger charge is -2.31. The first-order valence-electron chi connectivity index (χ1n) is 7.58. The molecule has 0 amide bonds. The smallest absolute Gasteiger partial charge is 0.193 e. The Morgan fingerprint density at radius 1 is 1.43 bits per heavy atom. The molecule has 1 atom stereocenters. The number of aryl methyl sites for hydroxylation is 1. The highest BCUT2D eigenvalue weighted by Crippen LogP contribution is 2.33. The van der Waals surface area contributed by atoms with E-state index in [9.17, 15) is 0 Å². The Kier molecular flexibility index (Phi) is 6.41. The lowest BCUT2D eigenvalue weighted by atomic mass is 9.78. The molecule has 1 aromatic heterocycles. The first-order chi connectivity index (χ1) is 10.7. The highest BCUT2D eigenvalue weighted by molar-refractivity contribution is 14.0. The fraction of sp³-hybridized carbons (Fsp3) is 0.412. The summed E-state index contributed by atoms with van der Waals surface area (Å²) in [6, 6.07) is 8.69. The van der Waals surface area contributed by atoms with Crippen LogP contribution < -0.4 is 5.32 Å². The summed E-state index contributed by atoms with van der Waals surface area (Å²) in [5.41, 5.74) is 4.06. The highest BCUT2D eigenvalue weighted by Gasteiger charge is 2.25. The molecule has 1 aliphatic rings. The normalized spacial score (nSPS) is 16.1. The Balaban J connectivity index is 0.00000192. The molecule has 1 N–H and O–H groups in total. The molecule has 0 fully saturated rings. The van der Waals surface area contributed by atoms with Crippen molar-refractivity contribution in [3.05, 3.63) is 51.5 Å². The first kappa shape index (κ1) is 18.2. The van der Waals surface area contributed by atoms with Crippen molar-refractivity contribution >= 4 is 41.3 Å². The Hall–Kier alpha value is -1.15. The molecule has 3 rings (SSSR count). The van der Waals surface area contributed by atoms with E-state index in [4.69, 9.17) is 0 Å². The van der Waals surface area contributed by atoms with Gasteiger partial charge in [-0.05, 0) is 24.5 Å². The zero-order valence-electron chi connectivity index (χ0n) is 13.7. The van der Waals surface area contributed by atoms with Gasteiger partial charge in [0, 0.05) is 31.9 Å². The topological polar surface area (TPSA) is 40.5 Å². The predicted molar refractivity (Wildman–Crippen MR) is 108 cm³/mol. The number of nitrogens with zero attached hydrogens (tertiary/aromatic N) is 3. The van der Waals surface area contributed by atoms with Crippen molar-refractivity contribution in [1.82, 2.24) is 15.2 Å². The number of benzene rings is 1. The summed E-state index contributed by atoms with van der Waals surface area (Å²) in [6.07, 6.45) is 1.16. The number of nitrogens with one attached hydrogen (secondary N) is 1. The minimum Gasteiger partial charge on any atom is -0.356 e. The summed E-state index contributed by atoms with van der Waals surface area (Å²) in [4.78, 5) is 11.0. The second-order valence-electron chi connectivity index (χ2n) is 5.74. The van der Waals surface area contributed by atoms with Crippen molar-refractivity contribution in [2.24, 2.45) is 4.99 Å². The second-order valence-corrected chi connectivity index (χ2v) is 6.80. The van der Waals surface area contributed by atoms with Gasteiger partial charge in [0.1, 0.15) is 0 Å². The number of halogens is 1. The number of guanidine groups is 1. The molecule has 1 heterocycles. The van der Waals surface area contributed by atoms with E-state index in [0.717, 1.165) is 36.2 Å². The van der Waals surface area contributed by atoms with Gasteiger partial charge in [0.15, 0.2) is 5.96 Å². The van der Waals surface area contributed by atoms with Gasteiger partial charge in [-0.15, -0.1) is 35.3 Å². The molecule has 23 heavy (non-hydrogen) atoms. The Morgan fingerprint density at radius 3 is 2.87 bits per heavy atom. The SMILES string of the molecule is CN=C(NCC1Cc2ccccc21)N(C)Cc1csc(C)n1.I. The van der Waals surface area contributed by atoms with Gasteiger partial charge in [-0.1, -0.05) is 24.3 Å². The van der Waals surface area contributed by atoms with Crippen molar-refractivity contribution in [3.8, 4) is 0 Å². The zero-order valence-corrected chi connectivity index (χ0v) is 16.9. The summed E-state index contributed by atoms with van der Waals surface area (Å²) in [5.74, 6) is 1.53. The van der Waals surface area contributed by atoms with Crippen molar-refractivity contribution in [3.63, 3.8) is 0 Å². The van der Waals surface area contributed by atoms with E-state index >= 15 is 0 Å². The molecule has 0 saturated carbocycles. The number of hydrogen-bond donors (Lipinski definition) is 1. The van der Waals surface area contributed by atoms with Gasteiger partial charge in [-0.25, -0.2) is 4.98 Å². The van der Waals surface area contributed by atoms with E-state index in [1.807, 2.05) is 14.0 Å². The lowest BCUT2D eigenvalue weighted by Crippen LogP contribution is -2.41. The maximum absolute atomic E-state index is 4.51. The molecule has 0 spiro atoms. The third-order valence-corrected chi connectivity index (χ3v) is 4.93. The number of thiazole rings is 1. The molecule has 1 aromatic carbocycles. The molecule has 6 heteroatoms. The predicted octanol–water partition coefficient (Wildman–Crippen LogP) is 3.42.